The van der Waals surface area contributed by atoms with Crippen LogP contribution < -0.4 is 9.62 Å². The number of nitrogens with zero attached hydrogens (tertiary/aromatic N) is 3. The first-order chi connectivity index (χ1) is 17.1. The average molecular weight is 580 g/mol. The van der Waals surface area contributed by atoms with Crippen molar-refractivity contribution >= 4 is 43.6 Å². The van der Waals surface area contributed by atoms with E-state index in [2.05, 4.69) is 21.2 Å². The largest absolute Gasteiger partial charge is 0.352 e. The van der Waals surface area contributed by atoms with Crippen molar-refractivity contribution in [3.05, 3.63) is 64.6 Å². The van der Waals surface area contributed by atoms with Crippen molar-refractivity contribution in [2.24, 2.45) is 0 Å². The standard InChI is InChI=1S/C26H35BrN4O4S/c1-20(26(33)28-23-13-6-4-7-14-23)30(18-21-11-10-12-22(27)17-21)25(32)19-31(36(34,35)29(2)3)24-15-8-5-9-16-24/h5,8-12,15-17,20,23H,4,6-7,13-14,18-19H2,1-3H3,(H,28,33)/t20-/m1/s1. The number of amides is 2. The van der Waals surface area contributed by atoms with Crippen molar-refractivity contribution in [1.82, 2.24) is 14.5 Å². The first-order valence-electron chi connectivity index (χ1n) is 12.2. The van der Waals surface area contributed by atoms with Crippen molar-refractivity contribution in [1.29, 1.82) is 0 Å². The third-order valence-corrected chi connectivity index (χ3v) is 8.74. The summed E-state index contributed by atoms with van der Waals surface area (Å²) < 4.78 is 29.3. The van der Waals surface area contributed by atoms with Gasteiger partial charge in [-0.2, -0.15) is 12.7 Å². The van der Waals surface area contributed by atoms with Gasteiger partial charge in [0, 0.05) is 31.2 Å². The first-order valence-corrected chi connectivity index (χ1v) is 14.4. The van der Waals surface area contributed by atoms with Crippen molar-refractivity contribution in [3.63, 3.8) is 0 Å². The molecule has 0 saturated heterocycles. The van der Waals surface area contributed by atoms with Crippen LogP contribution in [0.3, 0.4) is 0 Å². The number of anilines is 1. The van der Waals surface area contributed by atoms with E-state index in [9.17, 15) is 18.0 Å². The number of para-hydroxylation sites is 1. The summed E-state index contributed by atoms with van der Waals surface area (Å²) in [5, 5.41) is 3.10. The number of halogens is 1. The van der Waals surface area contributed by atoms with Crippen LogP contribution in [0.4, 0.5) is 5.69 Å². The molecule has 0 spiro atoms. The molecule has 8 nitrogen and oxygen atoms in total. The minimum absolute atomic E-state index is 0.103. The van der Waals surface area contributed by atoms with E-state index in [1.807, 2.05) is 24.3 Å². The zero-order valence-corrected chi connectivity index (χ0v) is 23.5. The van der Waals surface area contributed by atoms with Gasteiger partial charge in [-0.25, -0.2) is 4.31 Å². The molecule has 0 heterocycles. The predicted molar refractivity (Wildman–Crippen MR) is 146 cm³/mol. The van der Waals surface area contributed by atoms with Gasteiger partial charge >= 0.3 is 10.2 Å². The molecule has 0 unspecified atom stereocenters. The van der Waals surface area contributed by atoms with Crippen LogP contribution in [0, 0.1) is 0 Å². The maximum atomic E-state index is 13.7. The molecule has 196 valence electrons. The highest BCUT2D eigenvalue weighted by molar-refractivity contribution is 9.10. The molecule has 2 aromatic rings. The Kier molecular flexibility index (Phi) is 9.92. The highest BCUT2D eigenvalue weighted by Gasteiger charge is 2.33. The van der Waals surface area contributed by atoms with Gasteiger partial charge in [0.2, 0.25) is 11.8 Å². The lowest BCUT2D eigenvalue weighted by Gasteiger charge is -2.34. The summed E-state index contributed by atoms with van der Waals surface area (Å²) in [5.41, 5.74) is 1.21. The van der Waals surface area contributed by atoms with Crippen molar-refractivity contribution in [3.8, 4) is 0 Å². The molecule has 1 saturated carbocycles. The lowest BCUT2D eigenvalue weighted by molar-refractivity contribution is -0.139. The zero-order chi connectivity index (χ0) is 26.3. The molecule has 0 aliphatic heterocycles. The number of hydrogen-bond acceptors (Lipinski definition) is 4. The van der Waals surface area contributed by atoms with E-state index in [-0.39, 0.29) is 18.5 Å². The van der Waals surface area contributed by atoms with Gasteiger partial charge in [-0.1, -0.05) is 65.5 Å². The van der Waals surface area contributed by atoms with Crippen LogP contribution in [0.2, 0.25) is 0 Å². The molecular formula is C26H35BrN4O4S. The van der Waals surface area contributed by atoms with Gasteiger partial charge in [0.1, 0.15) is 12.6 Å². The van der Waals surface area contributed by atoms with Gasteiger partial charge in [-0.3, -0.25) is 9.59 Å². The molecule has 36 heavy (non-hydrogen) atoms. The SMILES string of the molecule is C[C@H](C(=O)NC1CCCCC1)N(Cc1cccc(Br)c1)C(=O)CN(c1ccccc1)S(=O)(=O)N(C)C. The summed E-state index contributed by atoms with van der Waals surface area (Å²) >= 11 is 3.46. The maximum Gasteiger partial charge on any atom is 0.304 e. The van der Waals surface area contributed by atoms with E-state index in [0.717, 1.165) is 44.3 Å². The molecule has 1 fully saturated rings. The van der Waals surface area contributed by atoms with Gasteiger partial charge in [-0.15, -0.1) is 0 Å². The quantitative estimate of drug-likeness (QED) is 0.462. The zero-order valence-electron chi connectivity index (χ0n) is 21.1. The smallest absolute Gasteiger partial charge is 0.304 e. The number of carbonyl (C=O) groups excluding carboxylic acids is 2. The van der Waals surface area contributed by atoms with Crippen LogP contribution >= 0.6 is 15.9 Å². The van der Waals surface area contributed by atoms with Gasteiger partial charge in [0.15, 0.2) is 0 Å². The van der Waals surface area contributed by atoms with Crippen LogP contribution in [0.25, 0.3) is 0 Å². The van der Waals surface area contributed by atoms with Crippen molar-refractivity contribution < 1.29 is 18.0 Å². The normalized spacial score (nSPS) is 15.4. The fraction of sp³-hybridized carbons (Fsp3) is 0.462. The molecule has 0 aromatic heterocycles. The first kappa shape index (κ1) is 28.1. The number of rotatable bonds is 10. The Labute approximate surface area is 223 Å². The Morgan fingerprint density at radius 1 is 1.03 bits per heavy atom. The van der Waals surface area contributed by atoms with E-state index < -0.39 is 28.7 Å². The summed E-state index contributed by atoms with van der Waals surface area (Å²) in [5.74, 6) is -0.692. The lowest BCUT2D eigenvalue weighted by Crippen LogP contribution is -2.53. The van der Waals surface area contributed by atoms with Crippen molar-refractivity contribution in [2.45, 2.75) is 57.7 Å². The van der Waals surface area contributed by atoms with Crippen LogP contribution in [0.1, 0.15) is 44.6 Å². The number of benzene rings is 2. The average Bonchev–Trinajstić information content (AvgIpc) is 2.86. The van der Waals surface area contributed by atoms with E-state index in [4.69, 9.17) is 0 Å². The van der Waals surface area contributed by atoms with E-state index in [1.165, 1.54) is 25.4 Å². The minimum Gasteiger partial charge on any atom is -0.352 e. The maximum absolute atomic E-state index is 13.7. The molecule has 2 amide bonds. The summed E-state index contributed by atoms with van der Waals surface area (Å²) in [6.45, 7) is 1.43. The fourth-order valence-electron chi connectivity index (χ4n) is 4.29. The summed E-state index contributed by atoms with van der Waals surface area (Å²) in [6, 6.07) is 15.3. The highest BCUT2D eigenvalue weighted by atomic mass is 79.9. The van der Waals surface area contributed by atoms with E-state index in [0.29, 0.717) is 5.69 Å². The molecule has 1 N–H and O–H groups in total. The Bertz CT molecular complexity index is 1140. The lowest BCUT2D eigenvalue weighted by atomic mass is 9.95. The van der Waals surface area contributed by atoms with Crippen LogP contribution in [-0.2, 0) is 26.3 Å². The van der Waals surface area contributed by atoms with E-state index >= 15 is 0 Å². The van der Waals surface area contributed by atoms with E-state index in [1.54, 1.807) is 37.3 Å². The van der Waals surface area contributed by atoms with Gasteiger partial charge in [0.05, 0.1) is 5.69 Å². The fourth-order valence-corrected chi connectivity index (χ4v) is 5.80. The third-order valence-electron chi connectivity index (χ3n) is 6.42. The minimum atomic E-state index is -3.96. The van der Waals surface area contributed by atoms with Crippen LogP contribution in [0.15, 0.2) is 59.1 Å². The molecule has 1 aliphatic rings. The predicted octanol–water partition coefficient (Wildman–Crippen LogP) is 3.93. The monoisotopic (exact) mass is 578 g/mol. The summed E-state index contributed by atoms with van der Waals surface area (Å²) in [6.07, 6.45) is 5.19. The molecule has 0 bridgehead atoms. The Morgan fingerprint density at radius 3 is 2.31 bits per heavy atom. The molecule has 3 rings (SSSR count). The summed E-state index contributed by atoms with van der Waals surface area (Å²) in [4.78, 5) is 28.4. The highest BCUT2D eigenvalue weighted by Crippen LogP contribution is 2.22. The molecule has 0 radical (unpaired) electrons. The Hall–Kier alpha value is -2.43. The summed E-state index contributed by atoms with van der Waals surface area (Å²) in [7, 11) is -1.11. The third kappa shape index (κ3) is 7.30. The number of carbonyl (C=O) groups is 2. The molecular weight excluding hydrogens is 544 g/mol. The number of nitrogens with one attached hydrogen (secondary N) is 1. The Balaban J connectivity index is 1.89. The number of hydrogen-bond donors (Lipinski definition) is 1. The topological polar surface area (TPSA) is 90.0 Å². The second kappa shape index (κ2) is 12.7. The Morgan fingerprint density at radius 2 is 1.69 bits per heavy atom. The van der Waals surface area contributed by atoms with Crippen molar-refractivity contribution in [2.75, 3.05) is 24.9 Å². The van der Waals surface area contributed by atoms with Gasteiger partial charge in [0.25, 0.3) is 0 Å². The molecule has 1 atom stereocenters. The van der Waals surface area contributed by atoms with Crippen LogP contribution in [-0.4, -0.2) is 62.2 Å². The second-order valence-electron chi connectivity index (χ2n) is 9.30. The molecule has 10 heteroatoms. The molecule has 1 aliphatic carbocycles. The second-order valence-corrected chi connectivity index (χ2v) is 12.3. The van der Waals surface area contributed by atoms with Gasteiger partial charge < -0.3 is 10.2 Å². The van der Waals surface area contributed by atoms with Gasteiger partial charge in [-0.05, 0) is 49.6 Å². The molecule has 2 aromatic carbocycles. The van der Waals surface area contributed by atoms with Crippen LogP contribution in [0.5, 0.6) is 0 Å².